The van der Waals surface area contributed by atoms with E-state index in [9.17, 15) is 9.59 Å². The zero-order valence-corrected chi connectivity index (χ0v) is 41.8. The number of nitrogens with one attached hydrogen (secondary N) is 2. The summed E-state index contributed by atoms with van der Waals surface area (Å²) in [5, 5.41) is 13.1. The molecule has 0 spiro atoms. The molecule has 0 fully saturated rings. The smallest absolute Gasteiger partial charge is 0.262 e. The maximum Gasteiger partial charge on any atom is 0.262 e. The summed E-state index contributed by atoms with van der Waals surface area (Å²) in [5.41, 5.74) is 13.0. The lowest BCUT2D eigenvalue weighted by molar-refractivity contribution is -0.462. The number of Topliss-reactive ketones (excluding diaryl/α,β-unsaturated/α-hetero) is 1. The molecule has 1 aliphatic heterocycles. The molecule has 7 rings (SSSR count). The maximum atomic E-state index is 15.5. The van der Waals surface area contributed by atoms with Gasteiger partial charge in [0.25, 0.3) is 7.37 Å². The predicted octanol–water partition coefficient (Wildman–Crippen LogP) is 11.8. The molecule has 2 aliphatic rings. The van der Waals surface area contributed by atoms with Crippen LogP contribution in [0.3, 0.4) is 0 Å². The van der Waals surface area contributed by atoms with Crippen molar-refractivity contribution in [3.05, 3.63) is 160 Å². The van der Waals surface area contributed by atoms with Crippen LogP contribution in [-0.4, -0.2) is 69.9 Å². The van der Waals surface area contributed by atoms with Crippen LogP contribution in [0.1, 0.15) is 87.1 Å². The van der Waals surface area contributed by atoms with Crippen LogP contribution in [-0.2, 0) is 31.6 Å². The number of unbranched alkanes of at least 4 members (excludes halogenated alkanes) is 3. The lowest BCUT2D eigenvalue weighted by atomic mass is 9.85. The first-order valence-electron chi connectivity index (χ1n) is 23.8. The average molecular weight is 916 g/mol. The average Bonchev–Trinajstić information content (AvgIpc) is 3.31. The Kier molecular flexibility index (Phi) is 15.6. The summed E-state index contributed by atoms with van der Waals surface area (Å²) in [7, 11) is 4.54. The van der Waals surface area contributed by atoms with E-state index in [-0.39, 0.29) is 11.7 Å². The van der Waals surface area contributed by atoms with E-state index in [0.29, 0.717) is 37.3 Å². The number of hydrogen-bond donors (Lipinski definition) is 2. The van der Waals surface area contributed by atoms with E-state index in [0.717, 1.165) is 106 Å². The van der Waals surface area contributed by atoms with Crippen molar-refractivity contribution in [1.29, 1.82) is 0 Å². The molecule has 67 heavy (non-hydrogen) atoms. The summed E-state index contributed by atoms with van der Waals surface area (Å²) in [6.45, 7) is 17.5. The summed E-state index contributed by atoms with van der Waals surface area (Å²) in [4.78, 5) is 26.4. The number of benzene rings is 5. The predicted molar refractivity (Wildman–Crippen MR) is 282 cm³/mol. The molecule has 1 aliphatic carbocycles. The molecule has 0 saturated heterocycles. The number of carbonyl (C=O) groups is 2. The summed E-state index contributed by atoms with van der Waals surface area (Å²) in [6, 6.07) is 28.8. The molecule has 8 nitrogen and oxygen atoms in total. The van der Waals surface area contributed by atoms with Gasteiger partial charge in [-0.3, -0.25) is 14.2 Å². The Morgan fingerprint density at radius 2 is 1.46 bits per heavy atom. The third-order valence-electron chi connectivity index (χ3n) is 13.1. The number of nitrogens with zero attached hydrogens (tertiary/aromatic N) is 2. The van der Waals surface area contributed by atoms with Crippen molar-refractivity contribution in [2.45, 2.75) is 79.2 Å². The molecule has 1 unspecified atom stereocenters. The number of hydrogen-bond acceptors (Lipinski definition) is 6. The number of amides is 1. The zero-order chi connectivity index (χ0) is 48.0. The lowest BCUT2D eigenvalue weighted by Gasteiger charge is -2.33. The van der Waals surface area contributed by atoms with Gasteiger partial charge in [-0.15, -0.1) is 0 Å². The third kappa shape index (κ3) is 10.5. The molecule has 0 saturated carbocycles. The van der Waals surface area contributed by atoms with Gasteiger partial charge in [0.2, 0.25) is 5.91 Å². The van der Waals surface area contributed by atoms with Gasteiger partial charge in [-0.1, -0.05) is 80.6 Å². The van der Waals surface area contributed by atoms with E-state index in [2.05, 4.69) is 128 Å². The molecule has 0 bridgehead atoms. The van der Waals surface area contributed by atoms with Crippen LogP contribution in [0.15, 0.2) is 132 Å². The van der Waals surface area contributed by atoms with Gasteiger partial charge in [0.1, 0.15) is 14.1 Å². The largest absolute Gasteiger partial charge is 0.378 e. The van der Waals surface area contributed by atoms with Crippen LogP contribution >= 0.6 is 7.37 Å². The van der Waals surface area contributed by atoms with Crippen molar-refractivity contribution in [1.82, 2.24) is 10.6 Å². The van der Waals surface area contributed by atoms with E-state index < -0.39 is 7.37 Å². The number of fused-ring (bicyclic) bond motifs is 4. The van der Waals surface area contributed by atoms with Crippen molar-refractivity contribution in [3.8, 4) is 11.1 Å². The van der Waals surface area contributed by atoms with E-state index in [4.69, 9.17) is 4.52 Å². The lowest BCUT2D eigenvalue weighted by Crippen LogP contribution is -2.27. The second-order valence-electron chi connectivity index (χ2n) is 18.5. The Balaban J connectivity index is 1.34. The SMILES string of the molecule is C=C(C)C(=O)CCCCCCc1c2ccccc2c(CNCCCNC(=O)C(=C)C)c2ccc(-c3ccc(C)c(C4=C5C=CC(=[N+](C)C)C=C5P(=O)(OCC)c5cc(N(C)C)ccc54)c3)cc12. The fraction of sp³-hybridized carbons (Fsp3) is 0.328. The van der Waals surface area contributed by atoms with E-state index in [1.807, 2.05) is 44.6 Å². The molecule has 2 N–H and O–H groups in total. The first-order chi connectivity index (χ1) is 32.1. The first kappa shape index (κ1) is 49.0. The van der Waals surface area contributed by atoms with Gasteiger partial charge in [-0.05, 0) is 167 Å². The number of rotatable bonds is 20. The van der Waals surface area contributed by atoms with Gasteiger partial charge in [0.15, 0.2) is 11.5 Å². The highest BCUT2D eigenvalue weighted by molar-refractivity contribution is 7.71. The van der Waals surface area contributed by atoms with Crippen molar-refractivity contribution in [2.24, 2.45) is 0 Å². The van der Waals surface area contributed by atoms with E-state index in [1.54, 1.807) is 13.8 Å². The second kappa shape index (κ2) is 21.4. The number of carbonyl (C=O) groups excluding carboxylic acids is 2. The van der Waals surface area contributed by atoms with Crippen LogP contribution in [0, 0.1) is 6.92 Å². The maximum absolute atomic E-state index is 15.5. The highest BCUT2D eigenvalue weighted by Crippen LogP contribution is 2.63. The van der Waals surface area contributed by atoms with Crippen molar-refractivity contribution in [2.75, 3.05) is 52.8 Å². The normalized spacial score (nSPS) is 15.3. The van der Waals surface area contributed by atoms with Crippen LogP contribution < -0.4 is 20.8 Å². The molecule has 5 aromatic carbocycles. The van der Waals surface area contributed by atoms with Crippen LogP contribution in [0.25, 0.3) is 38.2 Å². The molecule has 1 heterocycles. The highest BCUT2D eigenvalue weighted by atomic mass is 31.2. The molecular weight excluding hydrogens is 848 g/mol. The third-order valence-corrected chi connectivity index (χ3v) is 15.8. The first-order valence-corrected chi connectivity index (χ1v) is 25.4. The summed E-state index contributed by atoms with van der Waals surface area (Å²) < 4.78 is 23.9. The number of allylic oxidation sites excluding steroid dienone is 6. The Morgan fingerprint density at radius 1 is 0.761 bits per heavy atom. The fourth-order valence-corrected chi connectivity index (χ4v) is 11.9. The zero-order valence-electron chi connectivity index (χ0n) is 40.9. The molecular formula is C58H68N4O4P+. The molecule has 5 aromatic rings. The molecule has 1 atom stereocenters. The van der Waals surface area contributed by atoms with Crippen LogP contribution in [0.4, 0.5) is 5.69 Å². The molecule has 0 radical (unpaired) electrons. The molecule has 0 aromatic heterocycles. The molecule has 9 heteroatoms. The van der Waals surface area contributed by atoms with Gasteiger partial charge in [0, 0.05) is 57.0 Å². The van der Waals surface area contributed by atoms with Crippen molar-refractivity contribution < 1.29 is 23.3 Å². The van der Waals surface area contributed by atoms with Gasteiger partial charge < -0.3 is 20.1 Å². The summed E-state index contributed by atoms with van der Waals surface area (Å²) in [5.74, 6) is 0.0447. The Bertz CT molecular complexity index is 2960. The van der Waals surface area contributed by atoms with Crippen molar-refractivity contribution >= 4 is 62.9 Å². The minimum atomic E-state index is -3.49. The number of anilines is 1. The number of ketones is 1. The van der Waals surface area contributed by atoms with E-state index in [1.165, 1.54) is 32.7 Å². The van der Waals surface area contributed by atoms with Gasteiger partial charge >= 0.3 is 0 Å². The van der Waals surface area contributed by atoms with Gasteiger partial charge in [0.05, 0.1) is 17.2 Å². The van der Waals surface area contributed by atoms with Gasteiger partial charge in [-0.2, -0.15) is 0 Å². The fourth-order valence-electron chi connectivity index (χ4n) is 9.39. The number of aryl methyl sites for hydroxylation is 2. The standard InChI is InChI=1S/C58H67N4O4P/c1-11-66-67(65)55-35-43(61(7)8)26-29-49(55)57(50-30-27-44(62(9)10)36-56(50)67)51-33-41(24-23-40(51)6)42-25-28-48-52(34-42)46(19-14-12-13-15-22-54(63)38(2)3)45-20-16-17-21-47(45)53(48)37-59-31-18-32-60-58(64)39(4)5/h16-17,20-21,23-30,33-36,59H,2,4,11-15,18-19,22,31-32,37H2,1,3,5-10H3/p+1. The minimum Gasteiger partial charge on any atom is -0.378 e. The van der Waals surface area contributed by atoms with Gasteiger partial charge in [-0.25, -0.2) is 4.58 Å². The van der Waals surface area contributed by atoms with E-state index >= 15 is 4.57 Å². The topological polar surface area (TPSA) is 90.8 Å². The monoisotopic (exact) mass is 915 g/mol. The van der Waals surface area contributed by atoms with Crippen LogP contribution in [0.5, 0.6) is 0 Å². The van der Waals surface area contributed by atoms with Crippen LogP contribution in [0.2, 0.25) is 0 Å². The molecule has 348 valence electrons. The summed E-state index contributed by atoms with van der Waals surface area (Å²) in [6.07, 6.45) is 12.5. The minimum absolute atomic E-state index is 0.110. The Morgan fingerprint density at radius 3 is 2.16 bits per heavy atom. The van der Waals surface area contributed by atoms with Crippen molar-refractivity contribution in [3.63, 3.8) is 0 Å². The Hall–Kier alpha value is -5.92. The Labute approximate surface area is 398 Å². The quantitative estimate of drug-likeness (QED) is 0.0266. The summed E-state index contributed by atoms with van der Waals surface area (Å²) >= 11 is 0. The highest BCUT2D eigenvalue weighted by Gasteiger charge is 2.43. The second-order valence-corrected chi connectivity index (χ2v) is 20.8. The molecule has 1 amide bonds.